The molecule has 0 aromatic heterocycles. The predicted octanol–water partition coefficient (Wildman–Crippen LogP) is 2.27. The van der Waals surface area contributed by atoms with E-state index < -0.39 is 25.9 Å². The lowest BCUT2D eigenvalue weighted by molar-refractivity contribution is 0.568. The van der Waals surface area contributed by atoms with Crippen LogP contribution in [0.4, 0.5) is 4.39 Å². The van der Waals surface area contributed by atoms with Gasteiger partial charge in [-0.2, -0.15) is 0 Å². The highest BCUT2D eigenvalue weighted by Crippen LogP contribution is 2.14. The summed E-state index contributed by atoms with van der Waals surface area (Å²) >= 11 is 0. The molecule has 2 aromatic carbocycles. The first-order chi connectivity index (χ1) is 12.6. The molecule has 27 heavy (non-hydrogen) atoms. The zero-order chi connectivity index (χ0) is 20.1. The summed E-state index contributed by atoms with van der Waals surface area (Å²) in [6.07, 6.45) is 0. The molecule has 0 heterocycles. The van der Waals surface area contributed by atoms with Gasteiger partial charge in [0.1, 0.15) is 5.82 Å². The topological polar surface area (TPSA) is 92.3 Å². The van der Waals surface area contributed by atoms with Crippen LogP contribution < -0.4 is 9.44 Å². The number of benzene rings is 2. The van der Waals surface area contributed by atoms with Crippen molar-refractivity contribution in [2.24, 2.45) is 0 Å². The van der Waals surface area contributed by atoms with Crippen LogP contribution in [0.15, 0.2) is 48.5 Å². The van der Waals surface area contributed by atoms with Gasteiger partial charge in [0.25, 0.3) is 0 Å². The maximum atomic E-state index is 13.2. The van der Waals surface area contributed by atoms with Gasteiger partial charge in [0.2, 0.25) is 20.0 Å². The van der Waals surface area contributed by atoms with E-state index in [1.807, 2.05) is 0 Å². The fourth-order valence-corrected chi connectivity index (χ4v) is 5.15. The van der Waals surface area contributed by atoms with Crippen molar-refractivity contribution in [3.8, 4) is 0 Å². The first-order valence-corrected chi connectivity index (χ1v) is 11.7. The third-order valence-corrected chi connectivity index (χ3v) is 6.43. The van der Waals surface area contributed by atoms with Gasteiger partial charge in [-0.3, -0.25) is 0 Å². The Bertz CT molecular complexity index is 990. The summed E-state index contributed by atoms with van der Waals surface area (Å²) in [7, 11) is -7.24. The standard InChI is InChI=1S/C18H23FN2O4S2/c1-14(2)21-27(24,25)13-17-8-4-3-7-16(17)11-20-26(22,23)12-15-6-5-9-18(19)10-15/h3-10,14,20-21H,11-13H2,1-2H3. The summed E-state index contributed by atoms with van der Waals surface area (Å²) < 4.78 is 67.0. The molecule has 9 heteroatoms. The summed E-state index contributed by atoms with van der Waals surface area (Å²) in [5.41, 5.74) is 1.41. The van der Waals surface area contributed by atoms with E-state index in [1.165, 1.54) is 18.2 Å². The van der Waals surface area contributed by atoms with Crippen LogP contribution in [0.5, 0.6) is 0 Å². The SMILES string of the molecule is CC(C)NS(=O)(=O)Cc1ccccc1CNS(=O)(=O)Cc1cccc(F)c1. The minimum atomic E-state index is -3.71. The number of rotatable bonds is 9. The van der Waals surface area contributed by atoms with E-state index in [0.29, 0.717) is 16.7 Å². The van der Waals surface area contributed by atoms with E-state index in [1.54, 1.807) is 38.1 Å². The quantitative estimate of drug-likeness (QED) is 0.658. The van der Waals surface area contributed by atoms with Crippen LogP contribution in [-0.2, 0) is 38.1 Å². The number of hydrogen-bond acceptors (Lipinski definition) is 4. The van der Waals surface area contributed by atoms with E-state index >= 15 is 0 Å². The van der Waals surface area contributed by atoms with Crippen LogP contribution >= 0.6 is 0 Å². The molecule has 2 N–H and O–H groups in total. The molecule has 0 fully saturated rings. The molecule has 0 aliphatic carbocycles. The molecule has 0 unspecified atom stereocenters. The first-order valence-electron chi connectivity index (χ1n) is 8.35. The summed E-state index contributed by atoms with van der Waals surface area (Å²) in [6, 6.07) is 11.9. The largest absolute Gasteiger partial charge is 0.216 e. The lowest BCUT2D eigenvalue weighted by atomic mass is 10.1. The summed E-state index contributed by atoms with van der Waals surface area (Å²) in [6.45, 7) is 3.40. The number of sulfonamides is 2. The van der Waals surface area contributed by atoms with E-state index in [0.717, 1.165) is 6.07 Å². The first kappa shape index (κ1) is 21.5. The highest BCUT2D eigenvalue weighted by atomic mass is 32.2. The molecule has 0 saturated carbocycles. The van der Waals surface area contributed by atoms with Crippen molar-refractivity contribution in [2.45, 2.75) is 37.9 Å². The molecule has 6 nitrogen and oxygen atoms in total. The molecule has 0 radical (unpaired) electrons. The molecule has 0 spiro atoms. The van der Waals surface area contributed by atoms with Gasteiger partial charge in [-0.25, -0.2) is 30.7 Å². The average molecular weight is 415 g/mol. The van der Waals surface area contributed by atoms with Gasteiger partial charge in [-0.15, -0.1) is 0 Å². The Kier molecular flexibility index (Phi) is 7.10. The highest BCUT2D eigenvalue weighted by molar-refractivity contribution is 7.89. The van der Waals surface area contributed by atoms with Crippen LogP contribution in [0.2, 0.25) is 0 Å². The van der Waals surface area contributed by atoms with Crippen molar-refractivity contribution in [1.29, 1.82) is 0 Å². The smallest absolute Gasteiger partial charge is 0.212 e. The van der Waals surface area contributed by atoms with Gasteiger partial charge in [-0.1, -0.05) is 36.4 Å². The molecule has 0 aliphatic rings. The Morgan fingerprint density at radius 2 is 1.56 bits per heavy atom. The third-order valence-electron chi connectivity index (χ3n) is 3.61. The maximum Gasteiger partial charge on any atom is 0.216 e. The van der Waals surface area contributed by atoms with Crippen LogP contribution in [0.1, 0.15) is 30.5 Å². The second kappa shape index (κ2) is 8.92. The van der Waals surface area contributed by atoms with E-state index in [4.69, 9.17) is 0 Å². The summed E-state index contributed by atoms with van der Waals surface area (Å²) in [4.78, 5) is 0. The lowest BCUT2D eigenvalue weighted by Crippen LogP contribution is -2.32. The minimum Gasteiger partial charge on any atom is -0.212 e. The molecule has 2 aromatic rings. The Morgan fingerprint density at radius 3 is 2.19 bits per heavy atom. The molecular formula is C18H23FN2O4S2. The molecule has 2 rings (SSSR count). The molecule has 0 aliphatic heterocycles. The average Bonchev–Trinajstić information content (AvgIpc) is 2.52. The monoisotopic (exact) mass is 414 g/mol. The molecule has 148 valence electrons. The maximum absolute atomic E-state index is 13.2. The van der Waals surface area contributed by atoms with Gasteiger partial charge in [-0.05, 0) is 42.7 Å². The lowest BCUT2D eigenvalue weighted by Gasteiger charge is -2.13. The number of hydrogen-bond donors (Lipinski definition) is 2. The van der Waals surface area contributed by atoms with Crippen molar-refractivity contribution in [3.63, 3.8) is 0 Å². The van der Waals surface area contributed by atoms with Gasteiger partial charge in [0.15, 0.2) is 0 Å². The Balaban J connectivity index is 2.09. The minimum absolute atomic E-state index is 0.0506. The molecule has 0 atom stereocenters. The third kappa shape index (κ3) is 7.37. The summed E-state index contributed by atoms with van der Waals surface area (Å²) in [5, 5.41) is 0. The van der Waals surface area contributed by atoms with Gasteiger partial charge < -0.3 is 0 Å². The Morgan fingerprint density at radius 1 is 0.889 bits per heavy atom. The van der Waals surface area contributed by atoms with Crippen molar-refractivity contribution >= 4 is 20.0 Å². The van der Waals surface area contributed by atoms with Gasteiger partial charge in [0.05, 0.1) is 11.5 Å². The fraction of sp³-hybridized carbons (Fsp3) is 0.333. The van der Waals surface area contributed by atoms with Crippen molar-refractivity contribution in [3.05, 3.63) is 71.0 Å². The number of nitrogens with one attached hydrogen (secondary N) is 2. The van der Waals surface area contributed by atoms with Gasteiger partial charge >= 0.3 is 0 Å². The van der Waals surface area contributed by atoms with Crippen molar-refractivity contribution in [2.75, 3.05) is 0 Å². The van der Waals surface area contributed by atoms with E-state index in [-0.39, 0.29) is 24.1 Å². The normalized spacial score (nSPS) is 12.4. The zero-order valence-corrected chi connectivity index (χ0v) is 16.8. The second-order valence-electron chi connectivity index (χ2n) is 6.51. The van der Waals surface area contributed by atoms with Crippen molar-refractivity contribution < 1.29 is 21.2 Å². The predicted molar refractivity (Wildman–Crippen MR) is 103 cm³/mol. The molecule has 0 bridgehead atoms. The van der Waals surface area contributed by atoms with Crippen LogP contribution in [0.25, 0.3) is 0 Å². The zero-order valence-electron chi connectivity index (χ0n) is 15.1. The highest BCUT2D eigenvalue weighted by Gasteiger charge is 2.17. The van der Waals surface area contributed by atoms with E-state index in [9.17, 15) is 21.2 Å². The second-order valence-corrected chi connectivity index (χ2v) is 10.1. The van der Waals surface area contributed by atoms with Gasteiger partial charge in [0, 0.05) is 12.6 Å². The van der Waals surface area contributed by atoms with Crippen LogP contribution in [0.3, 0.4) is 0 Å². The molecule has 0 amide bonds. The van der Waals surface area contributed by atoms with Crippen LogP contribution in [0, 0.1) is 5.82 Å². The van der Waals surface area contributed by atoms with Crippen molar-refractivity contribution in [1.82, 2.24) is 9.44 Å². The number of halogens is 1. The fourth-order valence-electron chi connectivity index (χ4n) is 2.56. The van der Waals surface area contributed by atoms with Crippen LogP contribution in [-0.4, -0.2) is 22.9 Å². The Labute approximate surface area is 159 Å². The van der Waals surface area contributed by atoms with E-state index in [2.05, 4.69) is 9.44 Å². The molecule has 0 saturated heterocycles. The Hall–Kier alpha value is -1.81. The molecular weight excluding hydrogens is 391 g/mol. The summed E-state index contributed by atoms with van der Waals surface area (Å²) in [5.74, 6) is -1.11.